The van der Waals surface area contributed by atoms with Crippen molar-refractivity contribution in [3.63, 3.8) is 0 Å². The van der Waals surface area contributed by atoms with E-state index in [1.54, 1.807) is 38.0 Å². The van der Waals surface area contributed by atoms with Crippen molar-refractivity contribution in [3.8, 4) is 34.2 Å². The molecule has 0 aliphatic carbocycles. The van der Waals surface area contributed by atoms with Gasteiger partial charge in [-0.15, -0.1) is 11.3 Å². The van der Waals surface area contributed by atoms with Gasteiger partial charge in [-0.2, -0.15) is 5.10 Å². The summed E-state index contributed by atoms with van der Waals surface area (Å²) in [4.78, 5) is 34.0. The maximum atomic E-state index is 13.9. The Kier molecular flexibility index (Phi) is 8.30. The van der Waals surface area contributed by atoms with Crippen LogP contribution < -0.4 is 19.8 Å². The Morgan fingerprint density at radius 2 is 1.71 bits per heavy atom. The molecule has 0 atom stereocenters. The fourth-order valence-corrected chi connectivity index (χ4v) is 5.78. The van der Waals surface area contributed by atoms with Gasteiger partial charge in [0.1, 0.15) is 11.4 Å². The first-order chi connectivity index (χ1) is 20.2. The van der Waals surface area contributed by atoms with Gasteiger partial charge in [-0.1, -0.05) is 6.07 Å². The summed E-state index contributed by atoms with van der Waals surface area (Å²) in [5, 5.41) is 6.58. The van der Waals surface area contributed by atoms with Crippen LogP contribution in [0.5, 0.6) is 17.2 Å². The number of methoxy groups -OCH3 is 3. The average molecular weight is 588 g/mol. The third-order valence-corrected chi connectivity index (χ3v) is 8.10. The lowest BCUT2D eigenvalue weighted by Crippen LogP contribution is -2.31. The largest absolute Gasteiger partial charge is 0.497 e. The highest BCUT2D eigenvalue weighted by molar-refractivity contribution is 7.15. The Labute approximate surface area is 247 Å². The van der Waals surface area contributed by atoms with Crippen molar-refractivity contribution in [1.82, 2.24) is 24.1 Å². The minimum absolute atomic E-state index is 0.0752. The van der Waals surface area contributed by atoms with E-state index in [1.165, 1.54) is 15.7 Å². The Morgan fingerprint density at radius 1 is 0.976 bits per heavy atom. The maximum Gasteiger partial charge on any atom is 0.268 e. The first-order valence-corrected chi connectivity index (χ1v) is 14.3. The predicted molar refractivity (Wildman–Crippen MR) is 163 cm³/mol. The highest BCUT2D eigenvalue weighted by atomic mass is 32.1. The normalized spacial score (nSPS) is 11.1. The number of fused-ring (bicyclic) bond motifs is 1. The number of rotatable bonds is 10. The topological polar surface area (TPSA) is 100 Å². The zero-order valence-electron chi connectivity index (χ0n) is 24.5. The summed E-state index contributed by atoms with van der Waals surface area (Å²) < 4.78 is 19.3. The van der Waals surface area contributed by atoms with Gasteiger partial charge >= 0.3 is 0 Å². The lowest BCUT2D eigenvalue weighted by atomic mass is 10.1. The molecule has 0 bridgehead atoms. The van der Waals surface area contributed by atoms with Gasteiger partial charge in [0, 0.05) is 30.4 Å². The molecule has 0 saturated heterocycles. The molecule has 10 nitrogen and oxygen atoms in total. The molecule has 218 valence electrons. The van der Waals surface area contributed by atoms with Crippen molar-refractivity contribution < 1.29 is 19.0 Å². The van der Waals surface area contributed by atoms with Crippen LogP contribution in [0.2, 0.25) is 0 Å². The second-order valence-electron chi connectivity index (χ2n) is 9.93. The van der Waals surface area contributed by atoms with Crippen molar-refractivity contribution in [2.75, 3.05) is 34.9 Å². The van der Waals surface area contributed by atoms with E-state index in [4.69, 9.17) is 24.3 Å². The zero-order chi connectivity index (χ0) is 30.0. The predicted octanol–water partition coefficient (Wildman–Crippen LogP) is 4.49. The Balaban J connectivity index is 1.38. The summed E-state index contributed by atoms with van der Waals surface area (Å²) in [5.74, 6) is 1.96. The van der Waals surface area contributed by atoms with Gasteiger partial charge in [-0.3, -0.25) is 14.0 Å². The molecule has 1 amide bonds. The fourth-order valence-electron chi connectivity index (χ4n) is 4.85. The molecule has 3 heterocycles. The monoisotopic (exact) mass is 587 g/mol. The quantitative estimate of drug-likeness (QED) is 0.237. The van der Waals surface area contributed by atoms with Crippen molar-refractivity contribution in [2.45, 2.75) is 26.7 Å². The second kappa shape index (κ2) is 12.1. The molecule has 0 aliphatic heterocycles. The molecule has 5 rings (SSSR count). The number of thiazole rings is 1. The van der Waals surface area contributed by atoms with Gasteiger partial charge in [0.25, 0.3) is 5.56 Å². The van der Waals surface area contributed by atoms with Gasteiger partial charge in [0.05, 0.1) is 44.7 Å². The van der Waals surface area contributed by atoms with E-state index < -0.39 is 0 Å². The van der Waals surface area contributed by atoms with Crippen LogP contribution in [0.25, 0.3) is 21.9 Å². The summed E-state index contributed by atoms with van der Waals surface area (Å²) in [7, 11) is 6.58. The molecule has 0 unspecified atom stereocenters. The van der Waals surface area contributed by atoms with Crippen LogP contribution in [0.3, 0.4) is 0 Å². The molecular weight excluding hydrogens is 554 g/mol. The van der Waals surface area contributed by atoms with E-state index in [0.29, 0.717) is 52.1 Å². The number of hydrogen-bond donors (Lipinski definition) is 0. The molecule has 3 aromatic heterocycles. The van der Waals surface area contributed by atoms with E-state index in [9.17, 15) is 9.59 Å². The molecule has 0 N–H and O–H groups in total. The first kappa shape index (κ1) is 28.9. The lowest BCUT2D eigenvalue weighted by Gasteiger charge is -2.18. The molecule has 11 heteroatoms. The number of aromatic nitrogens is 4. The standard InChI is InChI=1S/C31H33N5O5S/c1-19-15-25(33-36(19)22-8-10-24(39-4)11-9-22)29-20(2)32-31-35(30(29)38)23(18-42-31)17-28(37)34(3)14-13-21-7-12-26(40-5)27(16-21)41-6/h7-12,15-16,18H,13-14,17H2,1-6H3. The van der Waals surface area contributed by atoms with E-state index in [-0.39, 0.29) is 17.9 Å². The Hall–Kier alpha value is -4.64. The van der Waals surface area contributed by atoms with Crippen LogP contribution in [0.4, 0.5) is 0 Å². The number of amides is 1. The first-order valence-electron chi connectivity index (χ1n) is 13.4. The molecule has 0 aliphatic rings. The number of nitrogens with zero attached hydrogens (tertiary/aromatic N) is 5. The van der Waals surface area contributed by atoms with Gasteiger partial charge in [0.2, 0.25) is 5.91 Å². The highest BCUT2D eigenvalue weighted by Crippen LogP contribution is 2.28. The van der Waals surface area contributed by atoms with Crippen molar-refractivity contribution in [2.24, 2.45) is 0 Å². The van der Waals surface area contributed by atoms with Crippen LogP contribution >= 0.6 is 11.3 Å². The fraction of sp³-hybridized carbons (Fsp3) is 0.290. The van der Waals surface area contributed by atoms with Crippen molar-refractivity contribution >= 4 is 22.2 Å². The summed E-state index contributed by atoms with van der Waals surface area (Å²) in [5.41, 5.74) is 4.64. The number of aryl methyl sites for hydroxylation is 2. The minimum Gasteiger partial charge on any atom is -0.497 e. The number of carbonyl (C=O) groups is 1. The molecular formula is C31H33N5O5S. The van der Waals surface area contributed by atoms with Crippen LogP contribution in [0.15, 0.2) is 58.7 Å². The van der Waals surface area contributed by atoms with Gasteiger partial charge in [-0.25, -0.2) is 9.67 Å². The van der Waals surface area contributed by atoms with Gasteiger partial charge < -0.3 is 19.1 Å². The molecule has 2 aromatic carbocycles. The van der Waals surface area contributed by atoms with E-state index in [1.807, 2.05) is 67.8 Å². The van der Waals surface area contributed by atoms with Gasteiger partial charge in [-0.05, 0) is 68.3 Å². The number of ether oxygens (including phenoxy) is 3. The van der Waals surface area contributed by atoms with Crippen LogP contribution in [-0.2, 0) is 17.6 Å². The summed E-state index contributed by atoms with van der Waals surface area (Å²) in [6.45, 7) is 4.26. The summed E-state index contributed by atoms with van der Waals surface area (Å²) in [6.07, 6.45) is 0.722. The lowest BCUT2D eigenvalue weighted by molar-refractivity contribution is -0.129. The third kappa shape index (κ3) is 5.60. The second-order valence-corrected chi connectivity index (χ2v) is 10.8. The Bertz CT molecular complexity index is 1810. The number of hydrogen-bond acceptors (Lipinski definition) is 8. The molecule has 5 aromatic rings. The summed E-state index contributed by atoms with van der Waals surface area (Å²) in [6, 6.07) is 15.2. The van der Waals surface area contributed by atoms with Crippen LogP contribution in [0, 0.1) is 13.8 Å². The Morgan fingerprint density at radius 3 is 2.40 bits per heavy atom. The van der Waals surface area contributed by atoms with Gasteiger partial charge in [0.15, 0.2) is 16.5 Å². The average Bonchev–Trinajstić information content (AvgIpc) is 3.58. The SMILES string of the molecule is COc1ccc(-n2nc(-c3c(C)nc4scc(CC(=O)N(C)CCc5ccc(OC)c(OC)c5)n4c3=O)cc2C)cc1. The van der Waals surface area contributed by atoms with E-state index >= 15 is 0 Å². The number of likely N-dealkylation sites (N-methyl/N-ethyl adjacent to an activating group) is 1. The smallest absolute Gasteiger partial charge is 0.268 e. The number of carbonyl (C=O) groups excluding carboxylic acids is 1. The molecule has 0 saturated carbocycles. The number of benzene rings is 2. The van der Waals surface area contributed by atoms with Crippen LogP contribution in [0.1, 0.15) is 22.6 Å². The molecule has 0 fully saturated rings. The van der Waals surface area contributed by atoms with E-state index in [2.05, 4.69) is 0 Å². The van der Waals surface area contributed by atoms with Crippen LogP contribution in [-0.4, -0.2) is 64.9 Å². The van der Waals surface area contributed by atoms with Crippen molar-refractivity contribution in [3.05, 3.63) is 86.9 Å². The minimum atomic E-state index is -0.242. The molecule has 42 heavy (non-hydrogen) atoms. The zero-order valence-corrected chi connectivity index (χ0v) is 25.3. The van der Waals surface area contributed by atoms with E-state index in [0.717, 1.165) is 22.7 Å². The highest BCUT2D eigenvalue weighted by Gasteiger charge is 2.21. The molecule has 0 radical (unpaired) electrons. The molecule has 0 spiro atoms. The summed E-state index contributed by atoms with van der Waals surface area (Å²) >= 11 is 1.34. The maximum absolute atomic E-state index is 13.9. The van der Waals surface area contributed by atoms with Crippen molar-refractivity contribution in [1.29, 1.82) is 0 Å². The third-order valence-electron chi connectivity index (χ3n) is 7.22.